The van der Waals surface area contributed by atoms with Crippen molar-refractivity contribution in [1.29, 1.82) is 0 Å². The lowest BCUT2D eigenvalue weighted by Gasteiger charge is -2.34. The highest BCUT2D eigenvalue weighted by atomic mass is 32.2. The van der Waals surface area contributed by atoms with E-state index in [1.54, 1.807) is 0 Å². The molecule has 2 aromatic rings. The van der Waals surface area contributed by atoms with E-state index in [1.807, 2.05) is 48.5 Å². The fraction of sp³-hybridized carbons (Fsp3) is 0.238. The highest BCUT2D eigenvalue weighted by Gasteiger charge is 2.24. The van der Waals surface area contributed by atoms with E-state index in [1.165, 1.54) is 10.6 Å². The maximum absolute atomic E-state index is 12.6. The number of benzene rings is 1. The molecule has 30 heavy (non-hydrogen) atoms. The highest BCUT2D eigenvalue weighted by Crippen LogP contribution is 2.30. The lowest BCUT2D eigenvalue weighted by molar-refractivity contribution is 0.388. The number of aromatic nitrogens is 3. The van der Waals surface area contributed by atoms with Crippen LogP contribution >= 0.6 is 0 Å². The standard InChI is InChI=1S/C21H21N5O3S/c1-30(28,29)26-11-9-25(10-12-26)14-7-8-17-18(13-14)23-20(22-17)19-15-5-3-2-4-6-16(15)24-21(19)27/h2-8,13H,9-12H2,1H3,(H,22,23)(H,24,27). The summed E-state index contributed by atoms with van der Waals surface area (Å²) in [6, 6.07) is 15.4. The van der Waals surface area contributed by atoms with Crippen LogP contribution in [-0.2, 0) is 10.0 Å². The van der Waals surface area contributed by atoms with Crippen LogP contribution in [0, 0.1) is 0 Å². The van der Waals surface area contributed by atoms with Gasteiger partial charge in [-0.1, -0.05) is 24.3 Å². The van der Waals surface area contributed by atoms with Gasteiger partial charge in [-0.2, -0.15) is 4.31 Å². The molecule has 0 bridgehead atoms. The number of sulfonamides is 1. The number of imidazole rings is 1. The fourth-order valence-electron chi connectivity index (χ4n) is 4.01. The highest BCUT2D eigenvalue weighted by molar-refractivity contribution is 7.88. The molecule has 0 atom stereocenters. The molecule has 2 aliphatic heterocycles. The summed E-state index contributed by atoms with van der Waals surface area (Å²) in [6.45, 7) is 2.19. The van der Waals surface area contributed by atoms with E-state index in [0.717, 1.165) is 28.0 Å². The van der Waals surface area contributed by atoms with Crippen molar-refractivity contribution in [2.75, 3.05) is 37.3 Å². The number of piperazine rings is 1. The Labute approximate surface area is 173 Å². The first kappa shape index (κ1) is 18.8. The molecule has 0 amide bonds. The normalized spacial score (nSPS) is 15.8. The maximum Gasteiger partial charge on any atom is 0.260 e. The first-order valence-electron chi connectivity index (χ1n) is 9.71. The molecular weight excluding hydrogens is 402 g/mol. The van der Waals surface area contributed by atoms with Crippen LogP contribution < -0.4 is 10.5 Å². The van der Waals surface area contributed by atoms with Crippen LogP contribution in [0.3, 0.4) is 0 Å². The third kappa shape index (κ3) is 3.25. The Morgan fingerprint density at radius 3 is 2.50 bits per heavy atom. The van der Waals surface area contributed by atoms with Gasteiger partial charge in [0.05, 0.1) is 22.9 Å². The molecule has 0 saturated carbocycles. The Hall–Kier alpha value is -3.17. The molecule has 3 heterocycles. The zero-order valence-electron chi connectivity index (χ0n) is 16.4. The van der Waals surface area contributed by atoms with Crippen LogP contribution in [0.25, 0.3) is 33.7 Å². The second-order valence-corrected chi connectivity index (χ2v) is 9.49. The molecule has 1 aromatic carbocycles. The summed E-state index contributed by atoms with van der Waals surface area (Å²) in [5.41, 5.74) is 4.55. The van der Waals surface area contributed by atoms with Crippen molar-refractivity contribution >= 4 is 26.7 Å². The van der Waals surface area contributed by atoms with Crippen LogP contribution in [-0.4, -0.2) is 60.1 Å². The van der Waals surface area contributed by atoms with Gasteiger partial charge in [-0.15, -0.1) is 0 Å². The van der Waals surface area contributed by atoms with Gasteiger partial charge in [0.2, 0.25) is 10.0 Å². The Kier molecular flexibility index (Phi) is 4.37. The predicted molar refractivity (Wildman–Crippen MR) is 117 cm³/mol. The minimum atomic E-state index is -3.16. The summed E-state index contributed by atoms with van der Waals surface area (Å²) in [7, 11) is -3.16. The molecule has 1 fully saturated rings. The number of rotatable bonds is 3. The van der Waals surface area contributed by atoms with Crippen molar-refractivity contribution in [3.63, 3.8) is 0 Å². The Morgan fingerprint density at radius 2 is 1.73 bits per heavy atom. The molecule has 1 aliphatic carbocycles. The minimum absolute atomic E-state index is 0.174. The van der Waals surface area contributed by atoms with Crippen molar-refractivity contribution in [2.24, 2.45) is 0 Å². The molecule has 5 rings (SSSR count). The number of nitrogens with zero attached hydrogens (tertiary/aromatic N) is 3. The molecule has 2 N–H and O–H groups in total. The molecule has 1 aromatic heterocycles. The van der Waals surface area contributed by atoms with Gasteiger partial charge < -0.3 is 14.9 Å². The summed E-state index contributed by atoms with van der Waals surface area (Å²) in [5.74, 6) is 0.534. The van der Waals surface area contributed by atoms with E-state index in [4.69, 9.17) is 0 Å². The lowest BCUT2D eigenvalue weighted by Crippen LogP contribution is -2.48. The van der Waals surface area contributed by atoms with Crippen LogP contribution in [0.1, 0.15) is 0 Å². The van der Waals surface area contributed by atoms with E-state index in [0.29, 0.717) is 37.6 Å². The number of hydrogen-bond acceptors (Lipinski definition) is 5. The van der Waals surface area contributed by atoms with Gasteiger partial charge in [-0.3, -0.25) is 4.79 Å². The monoisotopic (exact) mass is 423 g/mol. The van der Waals surface area contributed by atoms with Gasteiger partial charge in [-0.25, -0.2) is 13.4 Å². The Balaban J connectivity index is 1.48. The summed E-state index contributed by atoms with van der Waals surface area (Å²) in [6.07, 6.45) is 1.25. The molecule has 9 heteroatoms. The minimum Gasteiger partial charge on any atom is -0.369 e. The van der Waals surface area contributed by atoms with Crippen molar-refractivity contribution in [3.05, 3.63) is 58.9 Å². The zero-order valence-corrected chi connectivity index (χ0v) is 17.2. The fourth-order valence-corrected chi connectivity index (χ4v) is 4.83. The molecule has 8 nitrogen and oxygen atoms in total. The van der Waals surface area contributed by atoms with Crippen LogP contribution in [0.4, 0.5) is 5.69 Å². The summed E-state index contributed by atoms with van der Waals surface area (Å²) in [4.78, 5) is 25.5. The van der Waals surface area contributed by atoms with Gasteiger partial charge in [0, 0.05) is 43.1 Å². The van der Waals surface area contributed by atoms with Crippen molar-refractivity contribution < 1.29 is 8.42 Å². The quantitative estimate of drug-likeness (QED) is 0.525. The molecule has 3 aliphatic rings. The van der Waals surface area contributed by atoms with Crippen LogP contribution in [0.15, 0.2) is 53.3 Å². The average Bonchev–Trinajstić information content (AvgIpc) is 3.18. The molecule has 1 saturated heterocycles. The second-order valence-electron chi connectivity index (χ2n) is 7.50. The number of nitrogens with one attached hydrogen (secondary N) is 2. The zero-order chi connectivity index (χ0) is 20.9. The smallest absolute Gasteiger partial charge is 0.260 e. The first-order valence-corrected chi connectivity index (χ1v) is 11.6. The second kappa shape index (κ2) is 6.96. The molecule has 0 unspecified atom stereocenters. The number of aromatic amines is 2. The van der Waals surface area contributed by atoms with Crippen LogP contribution in [0.5, 0.6) is 0 Å². The van der Waals surface area contributed by atoms with E-state index < -0.39 is 10.0 Å². The number of fused-ring (bicyclic) bond motifs is 2. The maximum atomic E-state index is 12.6. The third-order valence-corrected chi connectivity index (χ3v) is 6.86. The third-order valence-electron chi connectivity index (χ3n) is 5.56. The van der Waals surface area contributed by atoms with Gasteiger partial charge in [0.15, 0.2) is 0 Å². The van der Waals surface area contributed by atoms with E-state index in [9.17, 15) is 13.2 Å². The summed E-state index contributed by atoms with van der Waals surface area (Å²) < 4.78 is 25.0. The van der Waals surface area contributed by atoms with E-state index >= 15 is 0 Å². The lowest BCUT2D eigenvalue weighted by atomic mass is 10.1. The summed E-state index contributed by atoms with van der Waals surface area (Å²) >= 11 is 0. The van der Waals surface area contributed by atoms with E-state index in [2.05, 4.69) is 19.9 Å². The van der Waals surface area contributed by atoms with Gasteiger partial charge in [-0.05, 0) is 24.3 Å². The van der Waals surface area contributed by atoms with Crippen LogP contribution in [0.2, 0.25) is 0 Å². The van der Waals surface area contributed by atoms with Gasteiger partial charge in [0.1, 0.15) is 5.82 Å². The van der Waals surface area contributed by atoms with Crippen molar-refractivity contribution in [1.82, 2.24) is 19.3 Å². The Bertz CT molecular complexity index is 1370. The van der Waals surface area contributed by atoms with Gasteiger partial charge >= 0.3 is 0 Å². The predicted octanol–water partition coefficient (Wildman–Crippen LogP) is 2.10. The largest absolute Gasteiger partial charge is 0.369 e. The van der Waals surface area contributed by atoms with Gasteiger partial charge in [0.25, 0.3) is 5.56 Å². The van der Waals surface area contributed by atoms with Crippen molar-refractivity contribution in [2.45, 2.75) is 0 Å². The van der Waals surface area contributed by atoms with Crippen molar-refractivity contribution in [3.8, 4) is 22.6 Å². The number of H-pyrrole nitrogens is 2. The SMILES string of the molecule is CS(=O)(=O)N1CCN(c2ccc3nc(-c4c5cccccc-5[nH]c4=O)[nH]c3c2)CC1. The molecular formula is C21H21N5O3S. The van der Waals surface area contributed by atoms with E-state index in [-0.39, 0.29) is 5.56 Å². The Morgan fingerprint density at radius 1 is 0.967 bits per heavy atom. The average molecular weight is 423 g/mol. The summed E-state index contributed by atoms with van der Waals surface area (Å²) in [5, 5.41) is 0. The molecule has 0 radical (unpaired) electrons. The number of anilines is 1. The first-order chi connectivity index (χ1) is 14.4. The molecule has 0 spiro atoms. The number of hydrogen-bond donors (Lipinski definition) is 2. The molecule has 154 valence electrons. The topological polar surface area (TPSA) is 102 Å².